The highest BCUT2D eigenvalue weighted by atomic mass is 16.6. The quantitative estimate of drug-likeness (QED) is 0.0347. The maximum absolute atomic E-state index is 12.8. The highest BCUT2D eigenvalue weighted by Gasteiger charge is 2.17. The highest BCUT2D eigenvalue weighted by molar-refractivity contribution is 5.70. The van der Waals surface area contributed by atoms with Gasteiger partial charge in [0.2, 0.25) is 0 Å². The van der Waals surface area contributed by atoms with E-state index in [-0.39, 0.29) is 25.2 Å². The van der Waals surface area contributed by atoms with E-state index in [0.717, 1.165) is 51.4 Å². The van der Waals surface area contributed by atoms with Gasteiger partial charge in [0.05, 0.1) is 6.61 Å². The Morgan fingerprint density at radius 1 is 0.367 bits per heavy atom. The van der Waals surface area contributed by atoms with Crippen LogP contribution in [-0.4, -0.2) is 37.9 Å². The van der Waals surface area contributed by atoms with E-state index in [1.165, 1.54) is 193 Å². The van der Waals surface area contributed by atoms with E-state index >= 15 is 0 Å². The fraction of sp³-hybridized carbons (Fsp3) is 0.855. The molecule has 0 fully saturated rings. The minimum atomic E-state index is -0.540. The zero-order chi connectivity index (χ0) is 43.5. The molecule has 0 aromatic rings. The van der Waals surface area contributed by atoms with Crippen LogP contribution in [0.3, 0.4) is 0 Å². The van der Waals surface area contributed by atoms with Crippen molar-refractivity contribution in [1.82, 2.24) is 0 Å². The number of carbonyl (C=O) groups excluding carboxylic acids is 2. The van der Waals surface area contributed by atoms with Crippen molar-refractivity contribution in [3.63, 3.8) is 0 Å². The lowest BCUT2D eigenvalue weighted by atomic mass is 10.0. The van der Waals surface area contributed by atoms with Gasteiger partial charge in [0.1, 0.15) is 6.61 Å². The average molecular weight is 843 g/mol. The second-order valence-corrected chi connectivity index (χ2v) is 17.8. The van der Waals surface area contributed by atoms with E-state index in [1.807, 2.05) is 0 Å². The number of allylic oxidation sites excluding steroid dienone is 6. The van der Waals surface area contributed by atoms with Crippen molar-refractivity contribution in [3.8, 4) is 0 Å². The molecule has 0 aliphatic heterocycles. The monoisotopic (exact) mass is 843 g/mol. The molecule has 1 atom stereocenters. The highest BCUT2D eigenvalue weighted by Crippen LogP contribution is 2.15. The molecule has 0 bridgehead atoms. The van der Waals surface area contributed by atoms with Crippen LogP contribution in [0.2, 0.25) is 0 Å². The van der Waals surface area contributed by atoms with Gasteiger partial charge >= 0.3 is 11.9 Å². The Kier molecular flexibility index (Phi) is 49.9. The van der Waals surface area contributed by atoms with Crippen molar-refractivity contribution in [2.24, 2.45) is 0 Å². The van der Waals surface area contributed by atoms with E-state index in [2.05, 4.69) is 57.2 Å². The molecule has 352 valence electrons. The Bertz CT molecular complexity index is 955. The lowest BCUT2D eigenvalue weighted by Gasteiger charge is -2.18. The Morgan fingerprint density at radius 2 is 0.733 bits per heavy atom. The first kappa shape index (κ1) is 58.1. The molecule has 0 N–H and O–H groups in total. The van der Waals surface area contributed by atoms with Gasteiger partial charge in [-0.2, -0.15) is 0 Å². The Morgan fingerprint density at radius 3 is 1.18 bits per heavy atom. The summed E-state index contributed by atoms with van der Waals surface area (Å²) in [7, 11) is 0. The predicted octanol–water partition coefficient (Wildman–Crippen LogP) is 17.8. The van der Waals surface area contributed by atoms with Gasteiger partial charge in [0.25, 0.3) is 0 Å². The van der Waals surface area contributed by atoms with Gasteiger partial charge in [-0.15, -0.1) is 0 Å². The van der Waals surface area contributed by atoms with Crippen LogP contribution in [0.4, 0.5) is 0 Å². The number of hydrogen-bond acceptors (Lipinski definition) is 5. The van der Waals surface area contributed by atoms with E-state index < -0.39 is 6.10 Å². The summed E-state index contributed by atoms with van der Waals surface area (Å²) in [4.78, 5) is 25.4. The van der Waals surface area contributed by atoms with Gasteiger partial charge in [-0.25, -0.2) is 0 Å². The number of ether oxygens (including phenoxy) is 3. The Labute approximate surface area is 374 Å². The smallest absolute Gasteiger partial charge is 0.306 e. The molecule has 0 saturated carbocycles. The summed E-state index contributed by atoms with van der Waals surface area (Å²) in [6, 6.07) is 0. The standard InChI is InChI=1S/C55H102O5/c1-4-7-10-13-16-19-22-25-27-28-29-31-33-36-39-42-45-48-54(56)59-52-53(51-58-50-47-44-41-38-35-32-26-23-20-17-14-11-8-5-2)60-55(57)49-46-43-40-37-34-30-24-21-18-15-12-9-6-3/h12,15,21,24-25,27,53H,4-11,13-14,16-20,22-23,26,28-52H2,1-3H3/b15-12-,24-21-,27-25-. The number of hydrogen-bond donors (Lipinski definition) is 0. The van der Waals surface area contributed by atoms with Crippen LogP contribution in [-0.2, 0) is 23.8 Å². The molecule has 0 aliphatic carbocycles. The first-order valence-corrected chi connectivity index (χ1v) is 26.5. The third kappa shape index (κ3) is 48.8. The first-order valence-electron chi connectivity index (χ1n) is 26.5. The molecule has 5 nitrogen and oxygen atoms in total. The number of unbranched alkanes of at least 4 members (excludes halogenated alkanes) is 32. The molecule has 0 rings (SSSR count). The van der Waals surface area contributed by atoms with Crippen molar-refractivity contribution in [2.45, 2.75) is 284 Å². The predicted molar refractivity (Wildman–Crippen MR) is 261 cm³/mol. The third-order valence-corrected chi connectivity index (χ3v) is 11.6. The van der Waals surface area contributed by atoms with Crippen molar-refractivity contribution in [3.05, 3.63) is 36.5 Å². The van der Waals surface area contributed by atoms with Gasteiger partial charge in [-0.3, -0.25) is 9.59 Å². The molecule has 0 amide bonds. The second-order valence-electron chi connectivity index (χ2n) is 17.8. The van der Waals surface area contributed by atoms with Crippen LogP contribution in [0.5, 0.6) is 0 Å². The van der Waals surface area contributed by atoms with Crippen LogP contribution in [0, 0.1) is 0 Å². The van der Waals surface area contributed by atoms with Gasteiger partial charge in [0.15, 0.2) is 6.10 Å². The summed E-state index contributed by atoms with van der Waals surface area (Å²) >= 11 is 0. The summed E-state index contributed by atoms with van der Waals surface area (Å²) in [5, 5.41) is 0. The molecule has 60 heavy (non-hydrogen) atoms. The average Bonchev–Trinajstić information content (AvgIpc) is 3.25. The SMILES string of the molecule is CCC/C=C\C/C=C\CCCCCCCC(=O)OC(COCCCCCCCCCCCCCCCC)COC(=O)CCCCCCCCC/C=C\CCCCCCCC. The van der Waals surface area contributed by atoms with Gasteiger partial charge in [-0.05, 0) is 70.6 Å². The maximum Gasteiger partial charge on any atom is 0.306 e. The molecule has 0 saturated heterocycles. The molecule has 0 heterocycles. The van der Waals surface area contributed by atoms with Crippen LogP contribution in [0.25, 0.3) is 0 Å². The molecule has 0 spiro atoms. The van der Waals surface area contributed by atoms with E-state index in [9.17, 15) is 9.59 Å². The maximum atomic E-state index is 12.8. The fourth-order valence-electron chi connectivity index (χ4n) is 7.66. The molecule has 0 aliphatic rings. The molecule has 0 aromatic heterocycles. The Balaban J connectivity index is 4.24. The molecular weight excluding hydrogens is 741 g/mol. The number of esters is 2. The van der Waals surface area contributed by atoms with Crippen LogP contribution in [0.15, 0.2) is 36.5 Å². The zero-order valence-electron chi connectivity index (χ0n) is 40.5. The normalized spacial score (nSPS) is 12.4. The van der Waals surface area contributed by atoms with Crippen molar-refractivity contribution >= 4 is 11.9 Å². The van der Waals surface area contributed by atoms with Gasteiger partial charge in [-0.1, -0.05) is 231 Å². The minimum absolute atomic E-state index is 0.0820. The van der Waals surface area contributed by atoms with E-state index in [0.29, 0.717) is 19.4 Å². The zero-order valence-corrected chi connectivity index (χ0v) is 40.5. The van der Waals surface area contributed by atoms with Crippen LogP contribution in [0.1, 0.15) is 278 Å². The van der Waals surface area contributed by atoms with Gasteiger partial charge in [0, 0.05) is 19.4 Å². The van der Waals surface area contributed by atoms with Gasteiger partial charge < -0.3 is 14.2 Å². The van der Waals surface area contributed by atoms with Crippen LogP contribution < -0.4 is 0 Å². The molecular formula is C55H102O5. The number of rotatable bonds is 49. The molecule has 0 aromatic carbocycles. The lowest BCUT2D eigenvalue weighted by molar-refractivity contribution is -0.163. The first-order chi connectivity index (χ1) is 29.6. The minimum Gasteiger partial charge on any atom is -0.462 e. The number of carbonyl (C=O) groups is 2. The summed E-state index contributed by atoms with van der Waals surface area (Å²) in [5.41, 5.74) is 0. The summed E-state index contributed by atoms with van der Waals surface area (Å²) in [6.45, 7) is 7.79. The third-order valence-electron chi connectivity index (χ3n) is 11.6. The van der Waals surface area contributed by atoms with Crippen LogP contribution >= 0.6 is 0 Å². The largest absolute Gasteiger partial charge is 0.462 e. The van der Waals surface area contributed by atoms with Crippen molar-refractivity contribution in [2.75, 3.05) is 19.8 Å². The summed E-state index contributed by atoms with van der Waals surface area (Å²) in [6.07, 6.45) is 61.5. The summed E-state index contributed by atoms with van der Waals surface area (Å²) in [5.74, 6) is -0.405. The molecule has 5 heteroatoms. The fourth-order valence-corrected chi connectivity index (χ4v) is 7.66. The molecule has 1 unspecified atom stereocenters. The summed E-state index contributed by atoms with van der Waals surface area (Å²) < 4.78 is 17.4. The lowest BCUT2D eigenvalue weighted by Crippen LogP contribution is -2.30. The van der Waals surface area contributed by atoms with Crippen molar-refractivity contribution in [1.29, 1.82) is 0 Å². The van der Waals surface area contributed by atoms with Crippen molar-refractivity contribution < 1.29 is 23.8 Å². The second kappa shape index (κ2) is 51.5. The Hall–Kier alpha value is -1.88. The van der Waals surface area contributed by atoms with E-state index in [1.54, 1.807) is 0 Å². The molecule has 0 radical (unpaired) electrons. The topological polar surface area (TPSA) is 61.8 Å². The van der Waals surface area contributed by atoms with E-state index in [4.69, 9.17) is 14.2 Å².